The maximum atomic E-state index is 13.4. The zero-order chi connectivity index (χ0) is 15.9. The fraction of sp³-hybridized carbons (Fsp3) is 0.467. The van der Waals surface area contributed by atoms with Gasteiger partial charge in [-0.1, -0.05) is 6.07 Å². The van der Waals surface area contributed by atoms with Crippen molar-refractivity contribution in [2.75, 3.05) is 38.4 Å². The summed E-state index contributed by atoms with van der Waals surface area (Å²) in [4.78, 5) is 25.2. The zero-order valence-electron chi connectivity index (χ0n) is 12.3. The molecule has 0 aliphatic carbocycles. The van der Waals surface area contributed by atoms with Crippen LogP contribution in [0.3, 0.4) is 0 Å². The van der Waals surface area contributed by atoms with Crippen LogP contribution >= 0.6 is 0 Å². The maximum Gasteiger partial charge on any atom is 0.307 e. The van der Waals surface area contributed by atoms with Gasteiger partial charge in [0.25, 0.3) is 5.91 Å². The average molecular weight is 311 g/mol. The SMILES string of the molecule is COC(=O)CCN(C(=O)C1COCCO1)c1cccc(F)c1. The molecule has 0 aromatic heterocycles. The topological polar surface area (TPSA) is 65.1 Å². The Bertz CT molecular complexity index is 530. The molecule has 1 saturated heterocycles. The second-order valence-electron chi connectivity index (χ2n) is 4.73. The van der Waals surface area contributed by atoms with Crippen molar-refractivity contribution in [1.82, 2.24) is 0 Å². The van der Waals surface area contributed by atoms with Gasteiger partial charge in [-0.15, -0.1) is 0 Å². The Morgan fingerprint density at radius 1 is 1.41 bits per heavy atom. The number of amides is 1. The van der Waals surface area contributed by atoms with Gasteiger partial charge in [-0.3, -0.25) is 9.59 Å². The number of ether oxygens (including phenoxy) is 3. The van der Waals surface area contributed by atoms with E-state index in [1.165, 1.54) is 30.2 Å². The Kier molecular flexibility index (Phi) is 5.85. The lowest BCUT2D eigenvalue weighted by Gasteiger charge is -2.29. The predicted molar refractivity (Wildman–Crippen MR) is 75.9 cm³/mol. The molecule has 0 saturated carbocycles. The molecular formula is C15H18FNO5. The second kappa shape index (κ2) is 7.86. The highest BCUT2D eigenvalue weighted by Crippen LogP contribution is 2.19. The van der Waals surface area contributed by atoms with Gasteiger partial charge in [0.05, 0.1) is 33.4 Å². The molecule has 2 rings (SSSR count). The van der Waals surface area contributed by atoms with Gasteiger partial charge in [-0.2, -0.15) is 0 Å². The fourth-order valence-corrected chi connectivity index (χ4v) is 2.12. The lowest BCUT2D eigenvalue weighted by atomic mass is 10.2. The first-order chi connectivity index (χ1) is 10.6. The summed E-state index contributed by atoms with van der Waals surface area (Å²) in [7, 11) is 1.27. The fourth-order valence-electron chi connectivity index (χ4n) is 2.12. The van der Waals surface area contributed by atoms with E-state index in [9.17, 15) is 14.0 Å². The number of rotatable bonds is 5. The third-order valence-corrected chi connectivity index (χ3v) is 3.24. The standard InChI is InChI=1S/C15H18FNO5/c1-20-14(18)5-6-17(12-4-2-3-11(16)9-12)15(19)13-10-21-7-8-22-13/h2-4,9,13H,5-8,10H2,1H3. The summed E-state index contributed by atoms with van der Waals surface area (Å²) in [6, 6.07) is 5.62. The van der Waals surface area contributed by atoms with Crippen molar-refractivity contribution in [3.63, 3.8) is 0 Å². The zero-order valence-corrected chi connectivity index (χ0v) is 12.3. The number of hydrogen-bond donors (Lipinski definition) is 0. The van der Waals surface area contributed by atoms with Crippen LogP contribution in [0.2, 0.25) is 0 Å². The number of esters is 1. The van der Waals surface area contributed by atoms with Gasteiger partial charge in [0.1, 0.15) is 5.82 Å². The van der Waals surface area contributed by atoms with Gasteiger partial charge in [-0.05, 0) is 18.2 Å². The molecule has 0 N–H and O–H groups in total. The van der Waals surface area contributed by atoms with E-state index in [1.807, 2.05) is 0 Å². The van der Waals surface area contributed by atoms with E-state index in [-0.39, 0.29) is 25.5 Å². The molecule has 7 heteroatoms. The molecule has 1 atom stereocenters. The molecule has 1 unspecified atom stereocenters. The Morgan fingerprint density at radius 3 is 2.86 bits per heavy atom. The lowest BCUT2D eigenvalue weighted by Crippen LogP contribution is -2.46. The second-order valence-corrected chi connectivity index (χ2v) is 4.73. The van der Waals surface area contributed by atoms with Crippen LogP contribution in [-0.2, 0) is 23.8 Å². The minimum atomic E-state index is -0.755. The minimum absolute atomic E-state index is 0.00628. The van der Waals surface area contributed by atoms with Crippen LogP contribution < -0.4 is 4.90 Å². The summed E-state index contributed by atoms with van der Waals surface area (Å²) in [5.74, 6) is -1.28. The van der Waals surface area contributed by atoms with Crippen molar-refractivity contribution in [3.05, 3.63) is 30.1 Å². The average Bonchev–Trinajstić information content (AvgIpc) is 2.55. The van der Waals surface area contributed by atoms with Crippen LogP contribution in [0.4, 0.5) is 10.1 Å². The van der Waals surface area contributed by atoms with Gasteiger partial charge in [0.2, 0.25) is 0 Å². The van der Waals surface area contributed by atoms with E-state index >= 15 is 0 Å². The van der Waals surface area contributed by atoms with Crippen molar-refractivity contribution in [2.24, 2.45) is 0 Å². The number of methoxy groups -OCH3 is 1. The largest absolute Gasteiger partial charge is 0.469 e. The first-order valence-electron chi connectivity index (χ1n) is 6.95. The number of anilines is 1. The molecule has 0 radical (unpaired) electrons. The highest BCUT2D eigenvalue weighted by Gasteiger charge is 2.29. The first-order valence-corrected chi connectivity index (χ1v) is 6.95. The van der Waals surface area contributed by atoms with Gasteiger partial charge in [0, 0.05) is 12.2 Å². The molecule has 6 nitrogen and oxygen atoms in total. The van der Waals surface area contributed by atoms with Gasteiger partial charge < -0.3 is 19.1 Å². The molecular weight excluding hydrogens is 293 g/mol. The van der Waals surface area contributed by atoms with Crippen molar-refractivity contribution >= 4 is 17.6 Å². The summed E-state index contributed by atoms with van der Waals surface area (Å²) in [5, 5.41) is 0. The highest BCUT2D eigenvalue weighted by atomic mass is 19.1. The summed E-state index contributed by atoms with van der Waals surface area (Å²) in [5.41, 5.74) is 0.364. The minimum Gasteiger partial charge on any atom is -0.469 e. The Hall–Kier alpha value is -1.99. The number of carbonyl (C=O) groups is 2. The van der Waals surface area contributed by atoms with Gasteiger partial charge >= 0.3 is 5.97 Å². The van der Waals surface area contributed by atoms with E-state index in [0.717, 1.165) is 0 Å². The number of benzene rings is 1. The third-order valence-electron chi connectivity index (χ3n) is 3.24. The van der Waals surface area contributed by atoms with E-state index < -0.39 is 17.9 Å². The smallest absolute Gasteiger partial charge is 0.307 e. The molecule has 120 valence electrons. The third kappa shape index (κ3) is 4.25. The van der Waals surface area contributed by atoms with Crippen LogP contribution in [0, 0.1) is 5.82 Å². The Labute approximate surface area is 127 Å². The predicted octanol–water partition coefficient (Wildman–Crippen LogP) is 1.14. The van der Waals surface area contributed by atoms with E-state index in [1.54, 1.807) is 6.07 Å². The maximum absolute atomic E-state index is 13.4. The first kappa shape index (κ1) is 16.4. The van der Waals surface area contributed by atoms with E-state index in [0.29, 0.717) is 18.9 Å². The molecule has 0 bridgehead atoms. The van der Waals surface area contributed by atoms with Crippen LogP contribution in [0.5, 0.6) is 0 Å². The van der Waals surface area contributed by atoms with Crippen molar-refractivity contribution in [1.29, 1.82) is 0 Å². The number of carbonyl (C=O) groups excluding carboxylic acids is 2. The molecule has 1 fully saturated rings. The van der Waals surface area contributed by atoms with E-state index in [4.69, 9.17) is 9.47 Å². The van der Waals surface area contributed by atoms with E-state index in [2.05, 4.69) is 4.74 Å². The number of halogens is 1. The highest BCUT2D eigenvalue weighted by molar-refractivity contribution is 5.97. The summed E-state index contributed by atoms with van der Waals surface area (Å²) in [6.45, 7) is 0.980. The van der Waals surface area contributed by atoms with Crippen LogP contribution in [0.15, 0.2) is 24.3 Å². The number of nitrogens with zero attached hydrogens (tertiary/aromatic N) is 1. The van der Waals surface area contributed by atoms with Crippen LogP contribution in [0.25, 0.3) is 0 Å². The molecule has 1 heterocycles. The molecule has 1 amide bonds. The number of hydrogen-bond acceptors (Lipinski definition) is 5. The summed E-state index contributed by atoms with van der Waals surface area (Å²) in [6.07, 6.45) is -0.749. The van der Waals surface area contributed by atoms with Crippen molar-refractivity contribution in [2.45, 2.75) is 12.5 Å². The van der Waals surface area contributed by atoms with Crippen molar-refractivity contribution < 1.29 is 28.2 Å². The van der Waals surface area contributed by atoms with Gasteiger partial charge in [-0.25, -0.2) is 4.39 Å². The molecule has 1 aromatic carbocycles. The Balaban J connectivity index is 2.16. The quantitative estimate of drug-likeness (QED) is 0.763. The lowest BCUT2D eigenvalue weighted by molar-refractivity contribution is -0.145. The molecule has 1 aromatic rings. The van der Waals surface area contributed by atoms with Crippen LogP contribution in [-0.4, -0.2) is 51.5 Å². The summed E-state index contributed by atoms with van der Waals surface area (Å²) < 4.78 is 28.6. The monoisotopic (exact) mass is 311 g/mol. The van der Waals surface area contributed by atoms with Gasteiger partial charge in [0.15, 0.2) is 6.10 Å². The molecule has 1 aliphatic rings. The summed E-state index contributed by atoms with van der Waals surface area (Å²) >= 11 is 0. The normalized spacial score (nSPS) is 17.8. The molecule has 0 spiro atoms. The van der Waals surface area contributed by atoms with Crippen LogP contribution in [0.1, 0.15) is 6.42 Å². The Morgan fingerprint density at radius 2 is 2.23 bits per heavy atom. The molecule has 22 heavy (non-hydrogen) atoms. The van der Waals surface area contributed by atoms with Crippen molar-refractivity contribution in [3.8, 4) is 0 Å². The molecule has 1 aliphatic heterocycles.